The summed E-state index contributed by atoms with van der Waals surface area (Å²) in [5.41, 5.74) is 2.88. The lowest BCUT2D eigenvalue weighted by Crippen LogP contribution is -2.32. The lowest BCUT2D eigenvalue weighted by molar-refractivity contribution is -0.132. The monoisotopic (exact) mass is 485 g/mol. The van der Waals surface area contributed by atoms with Crippen LogP contribution in [0.1, 0.15) is 50.1 Å². The minimum atomic E-state index is -2.94. The number of halogens is 2. The molecule has 0 atom stereocenters. The van der Waals surface area contributed by atoms with Crippen molar-refractivity contribution in [3.63, 3.8) is 0 Å². The van der Waals surface area contributed by atoms with Crippen molar-refractivity contribution in [1.29, 1.82) is 0 Å². The molecular weight excluding hydrogens is 456 g/mol. The van der Waals surface area contributed by atoms with Gasteiger partial charge in [0.1, 0.15) is 0 Å². The van der Waals surface area contributed by atoms with Crippen molar-refractivity contribution in [3.05, 3.63) is 59.5 Å². The molecule has 0 unspecified atom stereocenters. The Balaban J connectivity index is 1.39. The lowest BCUT2D eigenvalue weighted by atomic mass is 10.1. The van der Waals surface area contributed by atoms with Crippen LogP contribution in [0.15, 0.2) is 47.0 Å². The number of carbonyl (C=O) groups is 1. The summed E-state index contributed by atoms with van der Waals surface area (Å²) in [6.07, 6.45) is 3.41. The first-order valence-corrected chi connectivity index (χ1v) is 11.9. The molecule has 1 aliphatic carbocycles. The molecule has 0 bridgehead atoms. The van der Waals surface area contributed by atoms with E-state index >= 15 is 0 Å². The van der Waals surface area contributed by atoms with Gasteiger partial charge in [0.2, 0.25) is 17.6 Å². The van der Waals surface area contributed by atoms with Gasteiger partial charge >= 0.3 is 6.61 Å². The molecule has 1 aromatic heterocycles. The van der Waals surface area contributed by atoms with Gasteiger partial charge < -0.3 is 18.9 Å². The topological polar surface area (TPSA) is 77.7 Å². The third kappa shape index (κ3) is 6.55. The quantitative estimate of drug-likeness (QED) is 0.341. The average molecular weight is 486 g/mol. The number of amides is 1. The Kier molecular flexibility index (Phi) is 7.94. The number of carbonyl (C=O) groups excluding carboxylic acids is 1. The van der Waals surface area contributed by atoms with Crippen LogP contribution in [0.25, 0.3) is 11.4 Å². The van der Waals surface area contributed by atoms with Crippen LogP contribution in [0, 0.1) is 0 Å². The fourth-order valence-corrected chi connectivity index (χ4v) is 3.84. The molecule has 0 N–H and O–H groups in total. The summed E-state index contributed by atoms with van der Waals surface area (Å²) >= 11 is 0. The van der Waals surface area contributed by atoms with Gasteiger partial charge in [-0.1, -0.05) is 42.4 Å². The van der Waals surface area contributed by atoms with Crippen LogP contribution in [0.3, 0.4) is 0 Å². The maximum atomic E-state index is 13.1. The molecule has 9 heteroatoms. The highest BCUT2D eigenvalue weighted by atomic mass is 19.3. The van der Waals surface area contributed by atoms with E-state index in [2.05, 4.69) is 21.8 Å². The first-order valence-electron chi connectivity index (χ1n) is 11.9. The van der Waals surface area contributed by atoms with Gasteiger partial charge in [0.15, 0.2) is 11.5 Å². The third-order valence-electron chi connectivity index (χ3n) is 5.83. The van der Waals surface area contributed by atoms with Crippen LogP contribution >= 0.6 is 0 Å². The van der Waals surface area contributed by atoms with E-state index < -0.39 is 6.61 Å². The summed E-state index contributed by atoms with van der Waals surface area (Å²) in [7, 11) is 0. The van der Waals surface area contributed by atoms with Crippen LogP contribution in [-0.2, 0) is 24.2 Å². The van der Waals surface area contributed by atoms with Gasteiger partial charge in [0.05, 0.1) is 6.61 Å². The maximum absolute atomic E-state index is 13.1. The highest BCUT2D eigenvalue weighted by Crippen LogP contribution is 2.33. The fraction of sp³-hybridized carbons (Fsp3) is 0.423. The second kappa shape index (κ2) is 11.3. The van der Waals surface area contributed by atoms with Crippen LogP contribution in [0.4, 0.5) is 8.78 Å². The number of benzene rings is 2. The maximum Gasteiger partial charge on any atom is 0.387 e. The molecule has 4 rings (SSSR count). The summed E-state index contributed by atoms with van der Waals surface area (Å²) < 4.78 is 40.7. The molecule has 0 saturated heterocycles. The Hall–Kier alpha value is -3.49. The second-order valence-electron chi connectivity index (χ2n) is 8.41. The zero-order valence-electron chi connectivity index (χ0n) is 19.9. The number of aromatic nitrogens is 2. The normalized spacial score (nSPS) is 13.2. The first-order chi connectivity index (χ1) is 17.0. The molecule has 1 amide bonds. The second-order valence-corrected chi connectivity index (χ2v) is 8.41. The van der Waals surface area contributed by atoms with Crippen molar-refractivity contribution in [2.24, 2.45) is 0 Å². The molecule has 0 spiro atoms. The summed E-state index contributed by atoms with van der Waals surface area (Å²) in [6.45, 7) is 1.59. The summed E-state index contributed by atoms with van der Waals surface area (Å²) in [6, 6.07) is 12.9. The van der Waals surface area contributed by atoms with E-state index in [0.717, 1.165) is 30.4 Å². The number of hydrogen-bond donors (Lipinski definition) is 0. The minimum absolute atomic E-state index is 0.0218. The van der Waals surface area contributed by atoms with Gasteiger partial charge in [-0.15, -0.1) is 0 Å². The SMILES string of the molecule is CCOc1cc(CN(C(=O)CCc2nc(-c3ccc(CC)cc3)no2)C2CC2)ccc1OC(F)F. The lowest BCUT2D eigenvalue weighted by Gasteiger charge is -2.23. The number of ether oxygens (including phenoxy) is 2. The highest BCUT2D eigenvalue weighted by Gasteiger charge is 2.32. The van der Waals surface area contributed by atoms with E-state index in [1.807, 2.05) is 29.2 Å². The Morgan fingerprint density at radius 1 is 1.11 bits per heavy atom. The van der Waals surface area contributed by atoms with Crippen molar-refractivity contribution < 1.29 is 27.6 Å². The molecule has 1 heterocycles. The minimum Gasteiger partial charge on any atom is -0.490 e. The van der Waals surface area contributed by atoms with E-state index in [1.165, 1.54) is 11.6 Å². The summed E-state index contributed by atoms with van der Waals surface area (Å²) in [4.78, 5) is 19.3. The molecular formula is C26H29F2N3O4. The van der Waals surface area contributed by atoms with E-state index in [1.54, 1.807) is 19.1 Å². The van der Waals surface area contributed by atoms with Crippen molar-refractivity contribution >= 4 is 5.91 Å². The summed E-state index contributed by atoms with van der Waals surface area (Å²) in [5.74, 6) is 1.11. The van der Waals surface area contributed by atoms with E-state index in [4.69, 9.17) is 9.26 Å². The van der Waals surface area contributed by atoms with Gasteiger partial charge in [-0.05, 0) is 49.4 Å². The largest absolute Gasteiger partial charge is 0.490 e. The molecule has 0 aliphatic heterocycles. The molecule has 1 fully saturated rings. The third-order valence-corrected chi connectivity index (χ3v) is 5.83. The Morgan fingerprint density at radius 2 is 1.86 bits per heavy atom. The molecule has 186 valence electrons. The highest BCUT2D eigenvalue weighted by molar-refractivity contribution is 5.77. The fourth-order valence-electron chi connectivity index (χ4n) is 3.84. The zero-order valence-corrected chi connectivity index (χ0v) is 19.9. The van der Waals surface area contributed by atoms with Crippen molar-refractivity contribution in [1.82, 2.24) is 15.0 Å². The molecule has 2 aromatic carbocycles. The van der Waals surface area contributed by atoms with Crippen molar-refractivity contribution in [2.45, 2.75) is 65.1 Å². The molecule has 0 radical (unpaired) electrons. The predicted octanol–water partition coefficient (Wildman–Crippen LogP) is 5.42. The molecule has 1 aliphatic rings. The van der Waals surface area contributed by atoms with Gasteiger partial charge in [-0.3, -0.25) is 4.79 Å². The standard InChI is InChI=1S/C26H29F2N3O4/c1-3-17-5-8-19(9-6-17)25-29-23(35-30-25)13-14-24(32)31(20-10-11-20)16-18-7-12-21(34-26(27)28)22(15-18)33-4-2/h5-9,12,15,20,26H,3-4,10-11,13-14,16H2,1-2H3. The van der Waals surface area contributed by atoms with Crippen LogP contribution < -0.4 is 9.47 Å². The number of nitrogens with zero attached hydrogens (tertiary/aromatic N) is 3. The van der Waals surface area contributed by atoms with Crippen molar-refractivity contribution in [3.8, 4) is 22.9 Å². The van der Waals surface area contributed by atoms with Crippen LogP contribution in [0.5, 0.6) is 11.5 Å². The van der Waals surface area contributed by atoms with Gasteiger partial charge in [-0.2, -0.15) is 13.8 Å². The molecule has 35 heavy (non-hydrogen) atoms. The zero-order chi connectivity index (χ0) is 24.8. The van der Waals surface area contributed by atoms with E-state index in [9.17, 15) is 13.6 Å². The molecule has 3 aromatic rings. The number of alkyl halides is 2. The smallest absolute Gasteiger partial charge is 0.387 e. The Bertz CT molecular complexity index is 1130. The predicted molar refractivity (Wildman–Crippen MR) is 125 cm³/mol. The number of rotatable bonds is 12. The van der Waals surface area contributed by atoms with Crippen LogP contribution in [0.2, 0.25) is 0 Å². The number of hydrogen-bond acceptors (Lipinski definition) is 6. The first kappa shape index (κ1) is 24.6. The molecule has 7 nitrogen and oxygen atoms in total. The van der Waals surface area contributed by atoms with E-state index in [0.29, 0.717) is 31.3 Å². The Morgan fingerprint density at radius 3 is 2.51 bits per heavy atom. The van der Waals surface area contributed by atoms with E-state index in [-0.39, 0.29) is 29.9 Å². The number of aryl methyl sites for hydroxylation is 2. The van der Waals surface area contributed by atoms with Gasteiger partial charge in [0, 0.05) is 31.0 Å². The van der Waals surface area contributed by atoms with Gasteiger partial charge in [-0.25, -0.2) is 0 Å². The van der Waals surface area contributed by atoms with Crippen LogP contribution in [-0.4, -0.2) is 40.2 Å². The van der Waals surface area contributed by atoms with Crippen molar-refractivity contribution in [2.75, 3.05) is 6.61 Å². The Labute approximate surface area is 203 Å². The molecule has 1 saturated carbocycles. The average Bonchev–Trinajstić information content (AvgIpc) is 3.59. The van der Waals surface area contributed by atoms with Gasteiger partial charge in [0.25, 0.3) is 0 Å². The summed E-state index contributed by atoms with van der Waals surface area (Å²) in [5, 5.41) is 4.05.